The monoisotopic (exact) mass is 294 g/mol. The van der Waals surface area contributed by atoms with Crippen LogP contribution in [0.2, 0.25) is 0 Å². The van der Waals surface area contributed by atoms with Crippen LogP contribution < -0.4 is 10.2 Å². The lowest BCUT2D eigenvalue weighted by molar-refractivity contribution is -0.137. The van der Waals surface area contributed by atoms with Crippen molar-refractivity contribution >= 4 is 11.7 Å². The highest BCUT2D eigenvalue weighted by Crippen LogP contribution is 2.22. The molecular weight excluding hydrogens is 268 g/mol. The number of aliphatic hydroxyl groups excluding tert-OH is 1. The summed E-state index contributed by atoms with van der Waals surface area (Å²) in [4.78, 5) is 12.7. The van der Waals surface area contributed by atoms with E-state index in [-0.39, 0.29) is 12.5 Å². The van der Waals surface area contributed by atoms with E-state index in [9.17, 15) is 9.90 Å². The molecule has 3 N–H and O–H groups in total. The molecule has 5 nitrogen and oxygen atoms in total. The standard InChI is InChI=1S/C16H26N2O3/c1-4-11-17-14(9-10-15(19)20)16(21)12-5-7-13(8-6-12)18(2)3/h5-8,14,16-17,21H,4,9-11H2,1-3H3,(H,19,20). The van der Waals surface area contributed by atoms with Crippen LogP contribution in [0.3, 0.4) is 0 Å². The van der Waals surface area contributed by atoms with E-state index in [0.717, 1.165) is 24.2 Å². The maximum Gasteiger partial charge on any atom is 0.303 e. The van der Waals surface area contributed by atoms with E-state index >= 15 is 0 Å². The number of aliphatic hydroxyl groups is 1. The van der Waals surface area contributed by atoms with Crippen molar-refractivity contribution in [3.8, 4) is 0 Å². The van der Waals surface area contributed by atoms with Crippen LogP contribution in [0.1, 0.15) is 37.9 Å². The highest BCUT2D eigenvalue weighted by atomic mass is 16.4. The third-order valence-corrected chi connectivity index (χ3v) is 3.46. The first-order valence-corrected chi connectivity index (χ1v) is 7.36. The van der Waals surface area contributed by atoms with Crippen LogP contribution in [-0.2, 0) is 4.79 Å². The van der Waals surface area contributed by atoms with Gasteiger partial charge in [-0.25, -0.2) is 0 Å². The summed E-state index contributed by atoms with van der Waals surface area (Å²) in [6.07, 6.45) is 0.697. The van der Waals surface area contributed by atoms with E-state index < -0.39 is 12.1 Å². The summed E-state index contributed by atoms with van der Waals surface area (Å²) in [5.41, 5.74) is 1.87. The molecule has 1 aromatic carbocycles. The molecule has 0 aliphatic rings. The van der Waals surface area contributed by atoms with E-state index in [1.165, 1.54) is 0 Å². The van der Waals surface area contributed by atoms with Gasteiger partial charge in [0.2, 0.25) is 0 Å². The quantitative estimate of drug-likeness (QED) is 0.650. The van der Waals surface area contributed by atoms with Crippen molar-refractivity contribution in [1.29, 1.82) is 0 Å². The van der Waals surface area contributed by atoms with Crippen molar-refractivity contribution in [1.82, 2.24) is 5.32 Å². The molecule has 1 aromatic rings. The molecule has 0 radical (unpaired) electrons. The zero-order chi connectivity index (χ0) is 15.8. The van der Waals surface area contributed by atoms with Crippen LogP contribution in [0.4, 0.5) is 5.69 Å². The summed E-state index contributed by atoms with van der Waals surface area (Å²) < 4.78 is 0. The molecule has 0 heterocycles. The van der Waals surface area contributed by atoms with Crippen molar-refractivity contribution in [2.75, 3.05) is 25.5 Å². The highest BCUT2D eigenvalue weighted by molar-refractivity contribution is 5.66. The van der Waals surface area contributed by atoms with Gasteiger partial charge in [-0.3, -0.25) is 4.79 Å². The summed E-state index contributed by atoms with van der Waals surface area (Å²) in [5.74, 6) is -0.839. The molecule has 0 saturated heterocycles. The fourth-order valence-corrected chi connectivity index (χ4v) is 2.18. The Kier molecular flexibility index (Phi) is 7.19. The van der Waals surface area contributed by atoms with E-state index in [0.29, 0.717) is 6.42 Å². The van der Waals surface area contributed by atoms with E-state index in [4.69, 9.17) is 5.11 Å². The molecule has 118 valence electrons. The molecule has 0 amide bonds. The van der Waals surface area contributed by atoms with Gasteiger partial charge in [-0.15, -0.1) is 0 Å². The molecule has 5 heteroatoms. The van der Waals surface area contributed by atoms with Gasteiger partial charge in [0.15, 0.2) is 0 Å². The summed E-state index contributed by atoms with van der Waals surface area (Å²) >= 11 is 0. The molecule has 2 atom stereocenters. The second kappa shape index (κ2) is 8.64. The summed E-state index contributed by atoms with van der Waals surface area (Å²) in [6, 6.07) is 7.44. The van der Waals surface area contributed by atoms with Gasteiger partial charge in [0.05, 0.1) is 6.10 Å². The number of hydrogen-bond donors (Lipinski definition) is 3. The molecule has 0 fully saturated rings. The molecule has 1 rings (SSSR count). The fraction of sp³-hybridized carbons (Fsp3) is 0.562. The maximum atomic E-state index is 10.7. The van der Waals surface area contributed by atoms with Crippen LogP contribution in [-0.4, -0.2) is 42.9 Å². The second-order valence-corrected chi connectivity index (χ2v) is 5.42. The minimum Gasteiger partial charge on any atom is -0.481 e. The third kappa shape index (κ3) is 5.73. The topological polar surface area (TPSA) is 72.8 Å². The minimum atomic E-state index is -0.839. The SMILES string of the molecule is CCCNC(CCC(=O)O)C(O)c1ccc(N(C)C)cc1. The first kappa shape index (κ1) is 17.5. The number of carboxylic acid groups (broad SMARTS) is 1. The number of nitrogens with zero attached hydrogens (tertiary/aromatic N) is 1. The van der Waals surface area contributed by atoms with Gasteiger partial charge in [0.25, 0.3) is 0 Å². The van der Waals surface area contributed by atoms with Gasteiger partial charge in [-0.2, -0.15) is 0 Å². The Hall–Kier alpha value is -1.59. The average molecular weight is 294 g/mol. The zero-order valence-corrected chi connectivity index (χ0v) is 13.0. The van der Waals surface area contributed by atoms with Crippen molar-refractivity contribution in [3.05, 3.63) is 29.8 Å². The minimum absolute atomic E-state index is 0.0498. The van der Waals surface area contributed by atoms with E-state index in [1.807, 2.05) is 50.2 Å². The number of rotatable bonds is 9. The number of hydrogen-bond acceptors (Lipinski definition) is 4. The summed E-state index contributed by atoms with van der Waals surface area (Å²) in [7, 11) is 3.92. The van der Waals surface area contributed by atoms with Crippen molar-refractivity contribution in [2.45, 2.75) is 38.3 Å². The number of carboxylic acids is 1. The first-order chi connectivity index (χ1) is 9.95. The molecule has 2 unspecified atom stereocenters. The van der Waals surface area contributed by atoms with Crippen molar-refractivity contribution in [3.63, 3.8) is 0 Å². The van der Waals surface area contributed by atoms with Gasteiger partial charge in [0, 0.05) is 32.2 Å². The molecule has 0 aliphatic heterocycles. The van der Waals surface area contributed by atoms with Crippen LogP contribution in [0.5, 0.6) is 0 Å². The first-order valence-electron chi connectivity index (χ1n) is 7.36. The summed E-state index contributed by atoms with van der Waals surface area (Å²) in [5, 5.41) is 22.5. The molecule has 0 saturated carbocycles. The number of aliphatic carboxylic acids is 1. The Labute approximate surface area is 126 Å². The van der Waals surface area contributed by atoms with Crippen LogP contribution in [0.25, 0.3) is 0 Å². The lowest BCUT2D eigenvalue weighted by Gasteiger charge is -2.24. The fourth-order valence-electron chi connectivity index (χ4n) is 2.18. The van der Waals surface area contributed by atoms with Gasteiger partial charge >= 0.3 is 5.97 Å². The lowest BCUT2D eigenvalue weighted by Crippen LogP contribution is -2.36. The largest absolute Gasteiger partial charge is 0.481 e. The van der Waals surface area contributed by atoms with E-state index in [2.05, 4.69) is 5.32 Å². The predicted octanol–water partition coefficient (Wildman–Crippen LogP) is 2.02. The van der Waals surface area contributed by atoms with Crippen molar-refractivity contribution < 1.29 is 15.0 Å². The maximum absolute atomic E-state index is 10.7. The number of carbonyl (C=O) groups is 1. The van der Waals surface area contributed by atoms with Crippen LogP contribution >= 0.6 is 0 Å². The molecule has 0 aromatic heterocycles. The normalized spacial score (nSPS) is 13.7. The smallest absolute Gasteiger partial charge is 0.303 e. The Morgan fingerprint density at radius 1 is 1.29 bits per heavy atom. The Balaban J connectivity index is 2.77. The number of benzene rings is 1. The lowest BCUT2D eigenvalue weighted by atomic mass is 9.98. The Morgan fingerprint density at radius 3 is 2.38 bits per heavy atom. The number of anilines is 1. The van der Waals surface area contributed by atoms with E-state index in [1.54, 1.807) is 0 Å². The van der Waals surface area contributed by atoms with Gasteiger partial charge in [-0.1, -0.05) is 19.1 Å². The van der Waals surface area contributed by atoms with Gasteiger partial charge in [-0.05, 0) is 37.1 Å². The van der Waals surface area contributed by atoms with Crippen LogP contribution in [0, 0.1) is 0 Å². The molecule has 0 aliphatic carbocycles. The van der Waals surface area contributed by atoms with Gasteiger partial charge in [0.1, 0.15) is 0 Å². The third-order valence-electron chi connectivity index (χ3n) is 3.46. The molecular formula is C16H26N2O3. The Bertz CT molecular complexity index is 432. The second-order valence-electron chi connectivity index (χ2n) is 5.42. The Morgan fingerprint density at radius 2 is 1.90 bits per heavy atom. The van der Waals surface area contributed by atoms with Gasteiger partial charge < -0.3 is 20.4 Å². The summed E-state index contributed by atoms with van der Waals surface area (Å²) in [6.45, 7) is 2.80. The predicted molar refractivity (Wildman–Crippen MR) is 84.7 cm³/mol. The molecule has 21 heavy (non-hydrogen) atoms. The zero-order valence-electron chi connectivity index (χ0n) is 13.0. The molecule has 0 spiro atoms. The number of nitrogens with one attached hydrogen (secondary N) is 1. The molecule has 0 bridgehead atoms. The van der Waals surface area contributed by atoms with Crippen LogP contribution in [0.15, 0.2) is 24.3 Å². The van der Waals surface area contributed by atoms with Crippen molar-refractivity contribution in [2.24, 2.45) is 0 Å². The highest BCUT2D eigenvalue weighted by Gasteiger charge is 2.21. The average Bonchev–Trinajstić information content (AvgIpc) is 2.46.